The number of rotatable bonds is 2. The Morgan fingerprint density at radius 1 is 1.00 bits per heavy atom. The summed E-state index contributed by atoms with van der Waals surface area (Å²) in [6.07, 6.45) is 4.50. The van der Waals surface area contributed by atoms with Crippen LogP contribution in [0.4, 0.5) is 0 Å². The van der Waals surface area contributed by atoms with Crippen LogP contribution < -0.4 is 4.74 Å². The van der Waals surface area contributed by atoms with E-state index in [2.05, 4.69) is 48.5 Å². The summed E-state index contributed by atoms with van der Waals surface area (Å²) in [5.41, 5.74) is 4.45. The molecule has 2 aliphatic rings. The van der Waals surface area contributed by atoms with Gasteiger partial charge in [-0.15, -0.1) is 0 Å². The molecule has 2 nitrogen and oxygen atoms in total. The normalized spacial score (nSPS) is 22.1. The highest BCUT2D eigenvalue weighted by atomic mass is 16.5. The molecule has 2 aromatic rings. The molecule has 118 valence electrons. The van der Waals surface area contributed by atoms with E-state index in [9.17, 15) is 4.79 Å². The van der Waals surface area contributed by atoms with Gasteiger partial charge in [-0.05, 0) is 54.0 Å². The van der Waals surface area contributed by atoms with Crippen LogP contribution in [-0.4, -0.2) is 12.9 Å². The molecule has 4 rings (SSSR count). The molecule has 1 fully saturated rings. The standard InChI is InChI=1S/C21H22O2/c1-23-18-8-6-15(7-9-18)20-14-16-4-2-3-5-19(16)21(20)12-10-17(22)11-13-21/h2-9,20H,10-14H2,1H3. The quantitative estimate of drug-likeness (QED) is 0.821. The van der Waals surface area contributed by atoms with Crippen LogP contribution in [0.2, 0.25) is 0 Å². The Hall–Kier alpha value is -2.09. The van der Waals surface area contributed by atoms with Crippen molar-refractivity contribution in [3.05, 3.63) is 65.2 Å². The van der Waals surface area contributed by atoms with Gasteiger partial charge in [-0.1, -0.05) is 36.4 Å². The second-order valence-electron chi connectivity index (χ2n) is 6.88. The van der Waals surface area contributed by atoms with Gasteiger partial charge in [0.15, 0.2) is 0 Å². The molecule has 0 saturated heterocycles. The van der Waals surface area contributed by atoms with Crippen molar-refractivity contribution in [1.29, 1.82) is 0 Å². The molecular formula is C21H22O2. The maximum Gasteiger partial charge on any atom is 0.132 e. The van der Waals surface area contributed by atoms with Crippen molar-refractivity contribution in [1.82, 2.24) is 0 Å². The maximum atomic E-state index is 11.8. The molecule has 0 aromatic heterocycles. The number of carbonyl (C=O) groups excluding carboxylic acids is 1. The molecule has 0 radical (unpaired) electrons. The van der Waals surface area contributed by atoms with Gasteiger partial charge < -0.3 is 4.74 Å². The van der Waals surface area contributed by atoms with Crippen molar-refractivity contribution in [2.24, 2.45) is 0 Å². The number of benzene rings is 2. The lowest BCUT2D eigenvalue weighted by Crippen LogP contribution is -2.35. The summed E-state index contributed by atoms with van der Waals surface area (Å²) in [5, 5.41) is 0. The SMILES string of the molecule is COc1ccc(C2Cc3ccccc3C23CCC(=O)CC3)cc1. The Bertz CT molecular complexity index is 720. The van der Waals surface area contributed by atoms with Crippen molar-refractivity contribution in [2.75, 3.05) is 7.11 Å². The molecule has 1 unspecified atom stereocenters. The fraction of sp³-hybridized carbons (Fsp3) is 0.381. The molecule has 1 spiro atoms. The van der Waals surface area contributed by atoms with Crippen LogP contribution in [0.3, 0.4) is 0 Å². The van der Waals surface area contributed by atoms with Gasteiger partial charge >= 0.3 is 0 Å². The Labute approximate surface area is 137 Å². The molecular weight excluding hydrogens is 284 g/mol. The third kappa shape index (κ3) is 2.28. The first-order valence-corrected chi connectivity index (χ1v) is 8.47. The number of ketones is 1. The van der Waals surface area contributed by atoms with Crippen LogP contribution >= 0.6 is 0 Å². The number of hydrogen-bond donors (Lipinski definition) is 0. The Morgan fingerprint density at radius 2 is 1.70 bits per heavy atom. The largest absolute Gasteiger partial charge is 0.497 e. The van der Waals surface area contributed by atoms with Crippen molar-refractivity contribution >= 4 is 5.78 Å². The molecule has 1 saturated carbocycles. The van der Waals surface area contributed by atoms with Crippen molar-refractivity contribution in [3.63, 3.8) is 0 Å². The first-order valence-electron chi connectivity index (χ1n) is 8.47. The lowest BCUT2D eigenvalue weighted by Gasteiger charge is -2.40. The van der Waals surface area contributed by atoms with Gasteiger partial charge in [0, 0.05) is 18.3 Å². The van der Waals surface area contributed by atoms with Gasteiger partial charge in [0.05, 0.1) is 7.11 Å². The number of carbonyl (C=O) groups is 1. The van der Waals surface area contributed by atoms with Crippen LogP contribution in [0, 0.1) is 0 Å². The van der Waals surface area contributed by atoms with Crippen LogP contribution in [0.1, 0.15) is 48.3 Å². The monoisotopic (exact) mass is 306 g/mol. The zero-order valence-electron chi connectivity index (χ0n) is 13.5. The highest BCUT2D eigenvalue weighted by Gasteiger charge is 2.48. The average Bonchev–Trinajstić information content (AvgIpc) is 2.92. The highest BCUT2D eigenvalue weighted by molar-refractivity contribution is 5.80. The molecule has 0 aliphatic heterocycles. The molecule has 0 bridgehead atoms. The fourth-order valence-electron chi connectivity index (χ4n) is 4.65. The van der Waals surface area contributed by atoms with E-state index in [4.69, 9.17) is 4.74 Å². The van der Waals surface area contributed by atoms with Gasteiger partial charge in [-0.3, -0.25) is 4.79 Å². The van der Waals surface area contributed by atoms with Gasteiger partial charge in [0.25, 0.3) is 0 Å². The minimum atomic E-state index is 0.138. The summed E-state index contributed by atoms with van der Waals surface area (Å²) in [7, 11) is 1.70. The second-order valence-corrected chi connectivity index (χ2v) is 6.88. The van der Waals surface area contributed by atoms with E-state index in [1.807, 2.05) is 0 Å². The Balaban J connectivity index is 1.77. The van der Waals surface area contributed by atoms with E-state index in [1.54, 1.807) is 7.11 Å². The van der Waals surface area contributed by atoms with Crippen LogP contribution in [0.25, 0.3) is 0 Å². The lowest BCUT2D eigenvalue weighted by atomic mass is 9.63. The number of fused-ring (bicyclic) bond motifs is 2. The Kier molecular flexibility index (Phi) is 3.48. The zero-order valence-corrected chi connectivity index (χ0v) is 13.5. The predicted molar refractivity (Wildman–Crippen MR) is 91.0 cm³/mol. The molecule has 1 atom stereocenters. The number of Topliss-reactive ketones (excluding diaryl/α,β-unsaturated/α-hetero) is 1. The number of ether oxygens (including phenoxy) is 1. The summed E-state index contributed by atoms with van der Waals surface area (Å²) in [5.74, 6) is 1.80. The molecule has 0 N–H and O–H groups in total. The van der Waals surface area contributed by atoms with Crippen molar-refractivity contribution in [3.8, 4) is 5.75 Å². The van der Waals surface area contributed by atoms with E-state index in [-0.39, 0.29) is 5.41 Å². The van der Waals surface area contributed by atoms with Crippen LogP contribution in [0.5, 0.6) is 5.75 Å². The summed E-state index contributed by atoms with van der Waals surface area (Å²) >= 11 is 0. The summed E-state index contributed by atoms with van der Waals surface area (Å²) in [4.78, 5) is 11.8. The van der Waals surface area contributed by atoms with Gasteiger partial charge in [0.2, 0.25) is 0 Å². The van der Waals surface area contributed by atoms with E-state index in [0.29, 0.717) is 11.7 Å². The average molecular weight is 306 g/mol. The van der Waals surface area contributed by atoms with E-state index >= 15 is 0 Å². The minimum Gasteiger partial charge on any atom is -0.497 e. The summed E-state index contributed by atoms with van der Waals surface area (Å²) < 4.78 is 5.30. The topological polar surface area (TPSA) is 26.3 Å². The Morgan fingerprint density at radius 3 is 2.39 bits per heavy atom. The predicted octanol–water partition coefficient (Wildman–Crippen LogP) is 4.42. The van der Waals surface area contributed by atoms with Gasteiger partial charge in [-0.2, -0.15) is 0 Å². The first-order chi connectivity index (χ1) is 11.2. The molecule has 2 aliphatic carbocycles. The van der Waals surface area contributed by atoms with E-state index in [1.165, 1.54) is 16.7 Å². The molecule has 2 aromatic carbocycles. The molecule has 0 heterocycles. The van der Waals surface area contributed by atoms with Gasteiger partial charge in [0.1, 0.15) is 11.5 Å². The summed E-state index contributed by atoms with van der Waals surface area (Å²) in [6.45, 7) is 0. The first kappa shape index (κ1) is 14.5. The molecule has 0 amide bonds. The maximum absolute atomic E-state index is 11.8. The summed E-state index contributed by atoms with van der Waals surface area (Å²) in [6, 6.07) is 17.3. The highest BCUT2D eigenvalue weighted by Crippen LogP contribution is 2.55. The third-order valence-electron chi connectivity index (χ3n) is 5.86. The molecule has 23 heavy (non-hydrogen) atoms. The zero-order chi connectivity index (χ0) is 15.9. The van der Waals surface area contributed by atoms with Crippen molar-refractivity contribution in [2.45, 2.75) is 43.4 Å². The van der Waals surface area contributed by atoms with Crippen LogP contribution in [0.15, 0.2) is 48.5 Å². The fourth-order valence-corrected chi connectivity index (χ4v) is 4.65. The lowest BCUT2D eigenvalue weighted by molar-refractivity contribution is -0.121. The third-order valence-corrected chi connectivity index (χ3v) is 5.86. The van der Waals surface area contributed by atoms with Crippen LogP contribution in [-0.2, 0) is 16.6 Å². The van der Waals surface area contributed by atoms with Gasteiger partial charge in [-0.25, -0.2) is 0 Å². The minimum absolute atomic E-state index is 0.138. The van der Waals surface area contributed by atoms with Crippen molar-refractivity contribution < 1.29 is 9.53 Å². The smallest absolute Gasteiger partial charge is 0.132 e. The number of hydrogen-bond acceptors (Lipinski definition) is 2. The molecule has 2 heteroatoms. The second kappa shape index (κ2) is 5.52. The number of methoxy groups -OCH3 is 1. The van der Waals surface area contributed by atoms with E-state index in [0.717, 1.165) is 37.9 Å². The van der Waals surface area contributed by atoms with E-state index < -0.39 is 0 Å².